The van der Waals surface area contributed by atoms with Crippen LogP contribution in [-0.2, 0) is 6.18 Å². The number of nitro benzene ring substituents is 1. The van der Waals surface area contributed by atoms with Gasteiger partial charge in [-0.05, 0) is 37.1 Å². The number of rotatable bonds is 3. The maximum Gasteiger partial charge on any atom is 0.417 e. The lowest BCUT2D eigenvalue weighted by atomic mass is 9.96. The summed E-state index contributed by atoms with van der Waals surface area (Å²) in [5, 5.41) is 19.6. The first-order valence-corrected chi connectivity index (χ1v) is 9.64. The van der Waals surface area contributed by atoms with Gasteiger partial charge < -0.3 is 4.90 Å². The summed E-state index contributed by atoms with van der Waals surface area (Å²) >= 11 is 3.25. The molecule has 1 aromatic carbocycles. The fraction of sp³-hybridized carbons (Fsp3) is 0.333. The fourth-order valence-electron chi connectivity index (χ4n) is 3.67. The number of piperidine rings is 1. The minimum Gasteiger partial charge on any atom is -0.365 e. The first-order chi connectivity index (χ1) is 13.7. The highest BCUT2D eigenvalue weighted by atomic mass is 79.9. The molecular formula is C18H15BrF3N5O2. The van der Waals surface area contributed by atoms with Crippen molar-refractivity contribution in [2.75, 3.05) is 18.0 Å². The highest BCUT2D eigenvalue weighted by Crippen LogP contribution is 2.36. The van der Waals surface area contributed by atoms with Crippen LogP contribution in [0.4, 0.5) is 24.5 Å². The summed E-state index contributed by atoms with van der Waals surface area (Å²) in [7, 11) is 0. The van der Waals surface area contributed by atoms with Gasteiger partial charge in [0.05, 0.1) is 10.5 Å². The third-order valence-electron chi connectivity index (χ3n) is 5.02. The van der Waals surface area contributed by atoms with Crippen LogP contribution in [-0.4, -0.2) is 32.6 Å². The van der Waals surface area contributed by atoms with E-state index in [0.29, 0.717) is 41.1 Å². The van der Waals surface area contributed by atoms with Crippen LogP contribution < -0.4 is 4.90 Å². The van der Waals surface area contributed by atoms with E-state index in [-0.39, 0.29) is 11.6 Å². The van der Waals surface area contributed by atoms with Crippen LogP contribution in [0.25, 0.3) is 5.65 Å². The molecule has 4 rings (SSSR count). The van der Waals surface area contributed by atoms with Crippen molar-refractivity contribution in [1.82, 2.24) is 14.6 Å². The fourth-order valence-corrected chi connectivity index (χ4v) is 4.02. The molecule has 1 atom stereocenters. The van der Waals surface area contributed by atoms with E-state index in [4.69, 9.17) is 0 Å². The van der Waals surface area contributed by atoms with E-state index >= 15 is 0 Å². The van der Waals surface area contributed by atoms with Gasteiger partial charge in [-0.2, -0.15) is 13.2 Å². The van der Waals surface area contributed by atoms with Gasteiger partial charge >= 0.3 is 6.18 Å². The Bertz CT molecular complexity index is 1090. The lowest BCUT2D eigenvalue weighted by Gasteiger charge is -2.33. The van der Waals surface area contributed by atoms with E-state index in [9.17, 15) is 23.3 Å². The van der Waals surface area contributed by atoms with E-state index in [1.165, 1.54) is 16.5 Å². The Morgan fingerprint density at radius 3 is 2.72 bits per heavy atom. The Morgan fingerprint density at radius 1 is 1.21 bits per heavy atom. The molecule has 3 heterocycles. The average Bonchev–Trinajstić information content (AvgIpc) is 3.10. The molecule has 1 aliphatic heterocycles. The summed E-state index contributed by atoms with van der Waals surface area (Å²) in [6.07, 6.45) is -2.03. The molecule has 1 aliphatic rings. The number of nitrogens with zero attached hydrogens (tertiary/aromatic N) is 5. The van der Waals surface area contributed by atoms with Crippen molar-refractivity contribution >= 4 is 33.0 Å². The number of halogens is 4. The Balaban J connectivity index is 1.69. The van der Waals surface area contributed by atoms with Gasteiger partial charge in [0.15, 0.2) is 5.65 Å². The van der Waals surface area contributed by atoms with Crippen molar-refractivity contribution in [3.8, 4) is 0 Å². The van der Waals surface area contributed by atoms with Crippen LogP contribution in [0.1, 0.15) is 30.1 Å². The van der Waals surface area contributed by atoms with Gasteiger partial charge in [-0.15, -0.1) is 10.2 Å². The van der Waals surface area contributed by atoms with Gasteiger partial charge in [0.2, 0.25) is 0 Å². The predicted molar refractivity (Wildman–Crippen MR) is 103 cm³/mol. The quantitative estimate of drug-likeness (QED) is 0.406. The smallest absolute Gasteiger partial charge is 0.365 e. The van der Waals surface area contributed by atoms with Gasteiger partial charge in [-0.1, -0.05) is 15.9 Å². The molecule has 1 saturated heterocycles. The van der Waals surface area contributed by atoms with Crippen LogP contribution in [0.3, 0.4) is 0 Å². The zero-order valence-corrected chi connectivity index (χ0v) is 16.5. The Labute approximate surface area is 171 Å². The third kappa shape index (κ3) is 3.78. The van der Waals surface area contributed by atoms with Crippen molar-refractivity contribution in [1.29, 1.82) is 0 Å². The monoisotopic (exact) mass is 469 g/mol. The van der Waals surface area contributed by atoms with E-state index < -0.39 is 16.7 Å². The molecule has 29 heavy (non-hydrogen) atoms. The Morgan fingerprint density at radius 2 is 2.00 bits per heavy atom. The molecule has 0 radical (unpaired) electrons. The minimum atomic E-state index is -4.47. The van der Waals surface area contributed by atoms with E-state index in [1.807, 2.05) is 4.90 Å². The summed E-state index contributed by atoms with van der Waals surface area (Å²) in [5.41, 5.74) is 0.0141. The van der Waals surface area contributed by atoms with E-state index in [0.717, 1.165) is 18.7 Å². The summed E-state index contributed by atoms with van der Waals surface area (Å²) in [6.45, 7) is 1.02. The van der Waals surface area contributed by atoms with Gasteiger partial charge in [0.1, 0.15) is 11.5 Å². The second kappa shape index (κ2) is 7.29. The molecule has 3 aromatic rings. The molecule has 1 fully saturated rings. The second-order valence-corrected chi connectivity index (χ2v) is 7.79. The number of aromatic nitrogens is 3. The predicted octanol–water partition coefficient (Wildman–Crippen LogP) is 4.80. The molecule has 11 heteroatoms. The van der Waals surface area contributed by atoms with E-state index in [1.54, 1.807) is 12.1 Å². The molecule has 0 amide bonds. The summed E-state index contributed by atoms with van der Waals surface area (Å²) in [4.78, 5) is 12.9. The molecule has 1 unspecified atom stereocenters. The largest absolute Gasteiger partial charge is 0.417 e. The molecule has 0 bridgehead atoms. The van der Waals surface area contributed by atoms with Crippen molar-refractivity contribution in [2.24, 2.45) is 0 Å². The number of benzene rings is 1. The van der Waals surface area contributed by atoms with Crippen molar-refractivity contribution in [3.05, 3.63) is 62.5 Å². The molecule has 0 aliphatic carbocycles. The molecule has 0 N–H and O–H groups in total. The zero-order chi connectivity index (χ0) is 20.8. The first-order valence-electron chi connectivity index (χ1n) is 8.85. The Hall–Kier alpha value is -2.69. The SMILES string of the molecule is O=[N+]([O-])c1cc(Br)ccc1N1CCCC(c2nnc3ccc(C(F)(F)F)cn23)C1. The molecule has 2 aromatic heterocycles. The van der Waals surface area contributed by atoms with E-state index in [2.05, 4.69) is 26.1 Å². The van der Waals surface area contributed by atoms with Gasteiger partial charge in [0.25, 0.3) is 5.69 Å². The normalized spacial score (nSPS) is 17.7. The van der Waals surface area contributed by atoms with Gasteiger partial charge in [0, 0.05) is 35.7 Å². The number of hydrogen-bond acceptors (Lipinski definition) is 5. The van der Waals surface area contributed by atoms with Crippen LogP contribution in [0.5, 0.6) is 0 Å². The third-order valence-corrected chi connectivity index (χ3v) is 5.51. The van der Waals surface area contributed by atoms with Crippen molar-refractivity contribution in [2.45, 2.75) is 24.9 Å². The van der Waals surface area contributed by atoms with Crippen LogP contribution in [0, 0.1) is 10.1 Å². The number of pyridine rings is 1. The van der Waals surface area contributed by atoms with Crippen LogP contribution in [0.2, 0.25) is 0 Å². The maximum atomic E-state index is 13.1. The van der Waals surface area contributed by atoms with Crippen molar-refractivity contribution in [3.63, 3.8) is 0 Å². The molecule has 0 saturated carbocycles. The number of hydrogen-bond donors (Lipinski definition) is 0. The summed E-state index contributed by atoms with van der Waals surface area (Å²) in [6, 6.07) is 7.12. The van der Waals surface area contributed by atoms with Gasteiger partial charge in [-0.25, -0.2) is 0 Å². The lowest BCUT2D eigenvalue weighted by molar-refractivity contribution is -0.384. The van der Waals surface area contributed by atoms with Crippen LogP contribution >= 0.6 is 15.9 Å². The highest BCUT2D eigenvalue weighted by Gasteiger charge is 2.33. The highest BCUT2D eigenvalue weighted by molar-refractivity contribution is 9.10. The van der Waals surface area contributed by atoms with Crippen molar-refractivity contribution < 1.29 is 18.1 Å². The number of nitro groups is 1. The second-order valence-electron chi connectivity index (χ2n) is 6.88. The topological polar surface area (TPSA) is 76.6 Å². The minimum absolute atomic E-state index is 0.0227. The van der Waals surface area contributed by atoms with Crippen LogP contribution in [0.15, 0.2) is 41.0 Å². The maximum absolute atomic E-state index is 13.1. The standard InChI is InChI=1S/C18H15BrF3N5O2/c19-13-4-5-14(15(8-13)27(28)29)25-7-1-2-11(9-25)17-24-23-16-6-3-12(10-26(16)17)18(20,21)22/h3-6,8,10-11H,1-2,7,9H2. The molecule has 7 nitrogen and oxygen atoms in total. The lowest BCUT2D eigenvalue weighted by Crippen LogP contribution is -2.35. The molecular weight excluding hydrogens is 455 g/mol. The van der Waals surface area contributed by atoms with Gasteiger partial charge in [-0.3, -0.25) is 14.5 Å². The summed E-state index contributed by atoms with van der Waals surface area (Å²) in [5.74, 6) is 0.223. The molecule has 152 valence electrons. The first kappa shape index (κ1) is 19.6. The number of fused-ring (bicyclic) bond motifs is 1. The molecule has 0 spiro atoms. The summed E-state index contributed by atoms with van der Waals surface area (Å²) < 4.78 is 41.3. The number of alkyl halides is 3. The Kier molecular flexibility index (Phi) is 4.93. The number of anilines is 1. The zero-order valence-electron chi connectivity index (χ0n) is 14.9. The average molecular weight is 470 g/mol.